The maximum atomic E-state index is 6.19. The smallest absolute Gasteiger partial charge is 0.110 e. The lowest BCUT2D eigenvalue weighted by Crippen LogP contribution is -2.17. The highest BCUT2D eigenvalue weighted by Gasteiger charge is 2.19. The largest absolute Gasteiger partial charge is 0.322 e. The third-order valence-corrected chi connectivity index (χ3v) is 4.36. The van der Waals surface area contributed by atoms with E-state index in [-0.39, 0.29) is 6.04 Å². The molecule has 3 heteroatoms. The van der Waals surface area contributed by atoms with E-state index < -0.39 is 0 Å². The van der Waals surface area contributed by atoms with Gasteiger partial charge in [-0.2, -0.15) is 0 Å². The molecule has 1 heterocycles. The number of aromatic nitrogens is 1. The zero-order chi connectivity index (χ0) is 10.7. The Kier molecular flexibility index (Phi) is 3.76. The molecule has 1 aromatic heterocycles. The number of thiazole rings is 1. The molecular weight excluding hydrogens is 204 g/mol. The lowest BCUT2D eigenvalue weighted by atomic mass is 9.85. The molecule has 1 aliphatic rings. The van der Waals surface area contributed by atoms with Crippen LogP contribution in [0, 0.1) is 12.8 Å². The number of hydrogen-bond donors (Lipinski definition) is 1. The Morgan fingerprint density at radius 3 is 2.80 bits per heavy atom. The van der Waals surface area contributed by atoms with Crippen molar-refractivity contribution in [1.29, 1.82) is 0 Å². The summed E-state index contributed by atoms with van der Waals surface area (Å²) in [5, 5.41) is 3.22. The molecule has 1 aliphatic carbocycles. The van der Waals surface area contributed by atoms with Crippen molar-refractivity contribution in [1.82, 2.24) is 4.98 Å². The highest BCUT2D eigenvalue weighted by atomic mass is 32.1. The van der Waals surface area contributed by atoms with Crippen molar-refractivity contribution < 1.29 is 0 Å². The van der Waals surface area contributed by atoms with Crippen molar-refractivity contribution in [3.8, 4) is 0 Å². The summed E-state index contributed by atoms with van der Waals surface area (Å²) < 4.78 is 0. The molecule has 0 bridgehead atoms. The van der Waals surface area contributed by atoms with Crippen molar-refractivity contribution in [2.75, 3.05) is 0 Å². The SMILES string of the molecule is Cc1csc(C(N)CC2CCCCC2)n1. The Balaban J connectivity index is 1.88. The molecule has 0 aromatic carbocycles. The van der Waals surface area contributed by atoms with E-state index in [9.17, 15) is 0 Å². The standard InChI is InChI=1S/C12H20N2S/c1-9-8-15-12(14-9)11(13)7-10-5-3-2-4-6-10/h8,10-11H,2-7,13H2,1H3. The van der Waals surface area contributed by atoms with Gasteiger partial charge in [-0.3, -0.25) is 0 Å². The van der Waals surface area contributed by atoms with E-state index in [1.54, 1.807) is 11.3 Å². The van der Waals surface area contributed by atoms with Gasteiger partial charge in [0.2, 0.25) is 0 Å². The van der Waals surface area contributed by atoms with Gasteiger partial charge in [0, 0.05) is 11.1 Å². The van der Waals surface area contributed by atoms with Crippen LogP contribution in [0.2, 0.25) is 0 Å². The van der Waals surface area contributed by atoms with Gasteiger partial charge in [0.05, 0.1) is 6.04 Å². The number of hydrogen-bond acceptors (Lipinski definition) is 3. The first-order valence-electron chi connectivity index (χ1n) is 5.93. The minimum Gasteiger partial charge on any atom is -0.322 e. The van der Waals surface area contributed by atoms with Gasteiger partial charge in [-0.1, -0.05) is 32.1 Å². The Bertz CT molecular complexity index is 302. The number of rotatable bonds is 3. The van der Waals surface area contributed by atoms with Crippen LogP contribution in [-0.2, 0) is 0 Å². The van der Waals surface area contributed by atoms with Gasteiger partial charge in [0.15, 0.2) is 0 Å². The van der Waals surface area contributed by atoms with Gasteiger partial charge in [0.25, 0.3) is 0 Å². The summed E-state index contributed by atoms with van der Waals surface area (Å²) in [6.07, 6.45) is 8.09. The van der Waals surface area contributed by atoms with E-state index in [0.29, 0.717) is 0 Å². The van der Waals surface area contributed by atoms with Crippen LogP contribution < -0.4 is 5.73 Å². The molecule has 1 saturated carbocycles. The zero-order valence-electron chi connectivity index (χ0n) is 9.41. The van der Waals surface area contributed by atoms with E-state index in [1.807, 2.05) is 6.92 Å². The Hall–Kier alpha value is -0.410. The molecule has 84 valence electrons. The van der Waals surface area contributed by atoms with Crippen molar-refractivity contribution in [2.45, 2.75) is 51.5 Å². The lowest BCUT2D eigenvalue weighted by molar-refractivity contribution is 0.319. The molecule has 2 nitrogen and oxygen atoms in total. The van der Waals surface area contributed by atoms with E-state index in [1.165, 1.54) is 32.1 Å². The summed E-state index contributed by atoms with van der Waals surface area (Å²) in [7, 11) is 0. The Morgan fingerprint density at radius 2 is 2.20 bits per heavy atom. The van der Waals surface area contributed by atoms with Crippen molar-refractivity contribution in [3.63, 3.8) is 0 Å². The van der Waals surface area contributed by atoms with Gasteiger partial charge in [-0.15, -0.1) is 11.3 Å². The third kappa shape index (κ3) is 3.02. The first kappa shape index (κ1) is 11.1. The molecule has 2 N–H and O–H groups in total. The molecule has 1 aromatic rings. The molecule has 0 spiro atoms. The lowest BCUT2D eigenvalue weighted by Gasteiger charge is -2.23. The average Bonchev–Trinajstić information content (AvgIpc) is 2.66. The highest BCUT2D eigenvalue weighted by Crippen LogP contribution is 2.31. The van der Waals surface area contributed by atoms with E-state index >= 15 is 0 Å². The minimum atomic E-state index is 0.173. The monoisotopic (exact) mass is 224 g/mol. The Labute approximate surface area is 95.9 Å². The fourth-order valence-electron chi connectivity index (χ4n) is 2.43. The first-order chi connectivity index (χ1) is 7.25. The molecule has 1 atom stereocenters. The molecule has 1 fully saturated rings. The quantitative estimate of drug-likeness (QED) is 0.854. The van der Waals surface area contributed by atoms with Gasteiger partial charge in [-0.05, 0) is 19.3 Å². The third-order valence-electron chi connectivity index (χ3n) is 3.27. The fourth-order valence-corrected chi connectivity index (χ4v) is 3.24. The summed E-state index contributed by atoms with van der Waals surface area (Å²) in [6.45, 7) is 2.04. The molecular formula is C12H20N2S. The van der Waals surface area contributed by atoms with Crippen LogP contribution in [0.1, 0.15) is 55.3 Å². The summed E-state index contributed by atoms with van der Waals surface area (Å²) in [4.78, 5) is 4.47. The molecule has 15 heavy (non-hydrogen) atoms. The van der Waals surface area contributed by atoms with E-state index in [0.717, 1.165) is 23.0 Å². The normalized spacial score (nSPS) is 20.4. The maximum Gasteiger partial charge on any atom is 0.110 e. The second-order valence-electron chi connectivity index (χ2n) is 4.67. The molecule has 0 saturated heterocycles. The minimum absolute atomic E-state index is 0.173. The number of nitrogens with zero attached hydrogens (tertiary/aromatic N) is 1. The van der Waals surface area contributed by atoms with Crippen LogP contribution >= 0.6 is 11.3 Å². The zero-order valence-corrected chi connectivity index (χ0v) is 10.2. The van der Waals surface area contributed by atoms with Gasteiger partial charge in [-0.25, -0.2) is 4.98 Å². The van der Waals surface area contributed by atoms with Crippen LogP contribution in [0.25, 0.3) is 0 Å². The van der Waals surface area contributed by atoms with Gasteiger partial charge >= 0.3 is 0 Å². The second kappa shape index (κ2) is 5.08. The summed E-state index contributed by atoms with van der Waals surface area (Å²) >= 11 is 1.71. The predicted molar refractivity (Wildman–Crippen MR) is 65.0 cm³/mol. The molecule has 2 rings (SSSR count). The Morgan fingerprint density at radius 1 is 1.47 bits per heavy atom. The number of nitrogens with two attached hydrogens (primary N) is 1. The van der Waals surface area contributed by atoms with Gasteiger partial charge < -0.3 is 5.73 Å². The predicted octanol–water partition coefficient (Wildman–Crippen LogP) is 3.42. The van der Waals surface area contributed by atoms with Gasteiger partial charge in [0.1, 0.15) is 5.01 Å². The molecule has 1 unspecified atom stereocenters. The average molecular weight is 224 g/mol. The van der Waals surface area contributed by atoms with Crippen LogP contribution in [0.4, 0.5) is 0 Å². The van der Waals surface area contributed by atoms with Crippen molar-refractivity contribution >= 4 is 11.3 Å². The van der Waals surface area contributed by atoms with Crippen LogP contribution in [0.3, 0.4) is 0 Å². The maximum absolute atomic E-state index is 6.19. The molecule has 0 amide bonds. The number of aryl methyl sites for hydroxylation is 1. The summed E-state index contributed by atoms with van der Waals surface area (Å²) in [6, 6.07) is 0.173. The van der Waals surface area contributed by atoms with Crippen LogP contribution in [0.15, 0.2) is 5.38 Å². The molecule has 0 radical (unpaired) electrons. The highest BCUT2D eigenvalue weighted by molar-refractivity contribution is 7.09. The molecule has 0 aliphatic heterocycles. The second-order valence-corrected chi connectivity index (χ2v) is 5.56. The first-order valence-corrected chi connectivity index (χ1v) is 6.81. The summed E-state index contributed by atoms with van der Waals surface area (Å²) in [5.74, 6) is 0.845. The van der Waals surface area contributed by atoms with Crippen LogP contribution in [0.5, 0.6) is 0 Å². The topological polar surface area (TPSA) is 38.9 Å². The fraction of sp³-hybridized carbons (Fsp3) is 0.750. The van der Waals surface area contributed by atoms with Crippen molar-refractivity contribution in [3.05, 3.63) is 16.1 Å². The van der Waals surface area contributed by atoms with E-state index in [2.05, 4.69) is 10.4 Å². The van der Waals surface area contributed by atoms with Crippen molar-refractivity contribution in [2.24, 2.45) is 11.7 Å². The van der Waals surface area contributed by atoms with E-state index in [4.69, 9.17) is 5.73 Å². The van der Waals surface area contributed by atoms with Crippen LogP contribution in [-0.4, -0.2) is 4.98 Å². The summed E-state index contributed by atoms with van der Waals surface area (Å²) in [5.41, 5.74) is 7.29.